The number of aromatic nitrogens is 2. The first-order valence-electron chi connectivity index (χ1n) is 12.1. The standard InChI is InChI=1S/C28H29N5O3S2/c1-18-17-21(11-14-23(18)31-38(4,34)35)33-27(26(30-28(33)37)24-7-5-6-16-29-24)25-15-8-19(2)32(25)20-9-12-22(36-3)13-10-20/h5-17,26-27,31H,1-4H3,(H,30,37)/t26-,27+/m0/s1. The molecule has 2 N–H and O–H groups in total. The Labute approximate surface area is 228 Å². The van der Waals surface area contributed by atoms with Gasteiger partial charge in [0.15, 0.2) is 5.11 Å². The van der Waals surface area contributed by atoms with Crippen molar-refractivity contribution in [3.05, 3.63) is 102 Å². The molecule has 1 fully saturated rings. The van der Waals surface area contributed by atoms with Crippen LogP contribution in [0.3, 0.4) is 0 Å². The zero-order valence-corrected chi connectivity index (χ0v) is 23.2. The van der Waals surface area contributed by atoms with E-state index in [-0.39, 0.29) is 12.1 Å². The number of nitrogens with zero attached hydrogens (tertiary/aromatic N) is 3. The lowest BCUT2D eigenvalue weighted by atomic mass is 10.0. The van der Waals surface area contributed by atoms with Crippen LogP contribution in [-0.4, -0.2) is 36.4 Å². The van der Waals surface area contributed by atoms with Crippen LogP contribution in [0.4, 0.5) is 11.4 Å². The molecule has 1 aliphatic heterocycles. The second-order valence-corrected chi connectivity index (χ2v) is 11.4. The minimum absolute atomic E-state index is 0.218. The molecule has 0 bridgehead atoms. The van der Waals surface area contributed by atoms with Crippen molar-refractivity contribution in [2.45, 2.75) is 25.9 Å². The molecule has 3 heterocycles. The van der Waals surface area contributed by atoms with E-state index in [1.807, 2.05) is 61.5 Å². The highest BCUT2D eigenvalue weighted by Gasteiger charge is 2.42. The summed E-state index contributed by atoms with van der Waals surface area (Å²) in [4.78, 5) is 6.74. The van der Waals surface area contributed by atoms with E-state index in [1.54, 1.807) is 19.4 Å². The Morgan fingerprint density at radius 3 is 2.37 bits per heavy atom. The van der Waals surface area contributed by atoms with Gasteiger partial charge in [-0.25, -0.2) is 8.42 Å². The Hall–Kier alpha value is -3.89. The van der Waals surface area contributed by atoms with E-state index in [2.05, 4.69) is 43.5 Å². The zero-order valence-electron chi connectivity index (χ0n) is 21.5. The second kappa shape index (κ2) is 10.1. The van der Waals surface area contributed by atoms with Gasteiger partial charge in [0.1, 0.15) is 11.8 Å². The van der Waals surface area contributed by atoms with Crippen LogP contribution < -0.4 is 19.7 Å². The molecule has 2 aromatic carbocycles. The van der Waals surface area contributed by atoms with Gasteiger partial charge in [0, 0.05) is 29.0 Å². The fraction of sp³-hybridized carbons (Fsp3) is 0.214. The normalized spacial score (nSPS) is 17.4. The fourth-order valence-corrected chi connectivity index (χ4v) is 5.89. The maximum Gasteiger partial charge on any atom is 0.229 e. The van der Waals surface area contributed by atoms with Crippen molar-refractivity contribution in [2.24, 2.45) is 0 Å². The van der Waals surface area contributed by atoms with E-state index in [0.29, 0.717) is 10.8 Å². The van der Waals surface area contributed by atoms with Crippen LogP contribution in [0.25, 0.3) is 5.69 Å². The van der Waals surface area contributed by atoms with Gasteiger partial charge in [-0.3, -0.25) is 9.71 Å². The van der Waals surface area contributed by atoms with Crippen LogP contribution in [0.5, 0.6) is 5.75 Å². The molecule has 8 nitrogen and oxygen atoms in total. The Morgan fingerprint density at radius 2 is 1.74 bits per heavy atom. The molecule has 38 heavy (non-hydrogen) atoms. The lowest BCUT2D eigenvalue weighted by molar-refractivity contribution is 0.414. The number of thiocarbonyl (C=S) groups is 1. The molecular weight excluding hydrogens is 518 g/mol. The summed E-state index contributed by atoms with van der Waals surface area (Å²) in [7, 11) is -1.75. The first-order chi connectivity index (χ1) is 18.2. The SMILES string of the molecule is COc1ccc(-n2c(C)ccc2[C@@H]2[C@H](c3ccccn3)NC(=S)N2c2ccc(NS(C)(=O)=O)c(C)c2)cc1. The predicted molar refractivity (Wildman–Crippen MR) is 155 cm³/mol. The maximum atomic E-state index is 11.8. The maximum absolute atomic E-state index is 11.8. The van der Waals surface area contributed by atoms with E-state index in [1.165, 1.54) is 0 Å². The Kier molecular flexibility index (Phi) is 6.85. The van der Waals surface area contributed by atoms with Gasteiger partial charge in [-0.05, 0) is 98.4 Å². The molecule has 0 saturated carbocycles. The summed E-state index contributed by atoms with van der Waals surface area (Å²) in [5, 5.41) is 4.06. The van der Waals surface area contributed by atoms with E-state index < -0.39 is 10.0 Å². The quantitative estimate of drug-likeness (QED) is 0.313. The number of methoxy groups -OCH3 is 1. The molecule has 1 aliphatic rings. The van der Waals surface area contributed by atoms with Gasteiger partial charge < -0.3 is 19.5 Å². The molecule has 10 heteroatoms. The van der Waals surface area contributed by atoms with Crippen molar-refractivity contribution in [1.82, 2.24) is 14.9 Å². The zero-order chi connectivity index (χ0) is 27.0. The van der Waals surface area contributed by atoms with Gasteiger partial charge in [-0.15, -0.1) is 0 Å². The minimum atomic E-state index is -3.40. The Bertz CT molecular complexity index is 1580. The Morgan fingerprint density at radius 1 is 1.00 bits per heavy atom. The summed E-state index contributed by atoms with van der Waals surface area (Å²) in [6, 6.07) is 23.2. The van der Waals surface area contributed by atoms with Gasteiger partial charge in [0.25, 0.3) is 0 Å². The predicted octanol–water partition coefficient (Wildman–Crippen LogP) is 5.05. The summed E-state index contributed by atoms with van der Waals surface area (Å²) in [5.74, 6) is 0.787. The van der Waals surface area contributed by atoms with Crippen LogP contribution in [0, 0.1) is 13.8 Å². The average Bonchev–Trinajstić information content (AvgIpc) is 3.44. The van der Waals surface area contributed by atoms with Gasteiger partial charge in [-0.1, -0.05) is 6.07 Å². The molecule has 0 spiro atoms. The summed E-state index contributed by atoms with van der Waals surface area (Å²) >= 11 is 5.89. The fourth-order valence-electron chi connectivity index (χ4n) is 4.92. The number of nitrogens with one attached hydrogen (secondary N) is 2. The van der Waals surface area contributed by atoms with Crippen LogP contribution in [0.15, 0.2) is 79.0 Å². The summed E-state index contributed by atoms with van der Waals surface area (Å²) in [6.07, 6.45) is 2.92. The van der Waals surface area contributed by atoms with Crippen molar-refractivity contribution < 1.29 is 13.2 Å². The highest BCUT2D eigenvalue weighted by molar-refractivity contribution is 7.92. The summed E-state index contributed by atoms with van der Waals surface area (Å²) in [6.45, 7) is 3.95. The number of benzene rings is 2. The molecule has 2 aromatic heterocycles. The molecule has 0 radical (unpaired) electrons. The van der Waals surface area contributed by atoms with Crippen LogP contribution >= 0.6 is 12.2 Å². The van der Waals surface area contributed by atoms with Crippen molar-refractivity contribution >= 4 is 38.7 Å². The second-order valence-electron chi connectivity index (χ2n) is 9.30. The highest BCUT2D eigenvalue weighted by Crippen LogP contribution is 2.43. The van der Waals surface area contributed by atoms with Gasteiger partial charge >= 0.3 is 0 Å². The topological polar surface area (TPSA) is 88.5 Å². The third-order valence-corrected chi connectivity index (χ3v) is 7.53. The summed E-state index contributed by atoms with van der Waals surface area (Å²) in [5.41, 5.74) is 6.15. The van der Waals surface area contributed by atoms with Gasteiger partial charge in [-0.2, -0.15) is 0 Å². The van der Waals surface area contributed by atoms with Crippen molar-refractivity contribution in [3.8, 4) is 11.4 Å². The molecule has 5 rings (SSSR count). The number of aryl methyl sites for hydroxylation is 2. The van der Waals surface area contributed by atoms with Crippen LogP contribution in [0.1, 0.15) is 34.7 Å². The third-order valence-electron chi connectivity index (χ3n) is 6.62. The molecule has 1 saturated heterocycles. The van der Waals surface area contributed by atoms with E-state index in [9.17, 15) is 8.42 Å². The average molecular weight is 548 g/mol. The Balaban J connectivity index is 1.65. The monoisotopic (exact) mass is 547 g/mol. The molecular formula is C28H29N5O3S2. The largest absolute Gasteiger partial charge is 0.497 e. The van der Waals surface area contributed by atoms with Crippen LogP contribution in [-0.2, 0) is 10.0 Å². The molecule has 2 atom stereocenters. The van der Waals surface area contributed by atoms with Crippen molar-refractivity contribution in [3.63, 3.8) is 0 Å². The molecule has 0 amide bonds. The first-order valence-corrected chi connectivity index (χ1v) is 14.4. The number of hydrogen-bond donors (Lipinski definition) is 2. The molecule has 0 unspecified atom stereocenters. The summed E-state index contributed by atoms with van der Waals surface area (Å²) < 4.78 is 33.8. The van der Waals surface area contributed by atoms with E-state index in [0.717, 1.165) is 46.0 Å². The number of anilines is 2. The van der Waals surface area contributed by atoms with Crippen molar-refractivity contribution in [2.75, 3.05) is 23.0 Å². The minimum Gasteiger partial charge on any atom is -0.497 e. The molecule has 196 valence electrons. The smallest absolute Gasteiger partial charge is 0.229 e. The molecule has 0 aliphatic carbocycles. The van der Waals surface area contributed by atoms with Crippen molar-refractivity contribution in [1.29, 1.82) is 0 Å². The number of sulfonamides is 1. The number of hydrogen-bond acceptors (Lipinski definition) is 5. The molecule has 4 aromatic rings. The lowest BCUT2D eigenvalue weighted by Gasteiger charge is -2.30. The lowest BCUT2D eigenvalue weighted by Crippen LogP contribution is -2.30. The highest BCUT2D eigenvalue weighted by atomic mass is 32.2. The van der Waals surface area contributed by atoms with Gasteiger partial charge in [0.05, 0.1) is 30.8 Å². The number of rotatable bonds is 7. The van der Waals surface area contributed by atoms with E-state index >= 15 is 0 Å². The first kappa shape index (κ1) is 25.7. The number of ether oxygens (including phenoxy) is 1. The van der Waals surface area contributed by atoms with Crippen LogP contribution in [0.2, 0.25) is 0 Å². The van der Waals surface area contributed by atoms with E-state index in [4.69, 9.17) is 17.0 Å². The van der Waals surface area contributed by atoms with Gasteiger partial charge in [0.2, 0.25) is 10.0 Å². The third kappa shape index (κ3) is 4.97. The number of pyridine rings is 1.